The summed E-state index contributed by atoms with van der Waals surface area (Å²) >= 11 is 0. The molecular formula is C14H23NO3. The molecule has 1 unspecified atom stereocenters. The van der Waals surface area contributed by atoms with Crippen LogP contribution >= 0.6 is 0 Å². The lowest BCUT2D eigenvalue weighted by molar-refractivity contribution is -0.119. The van der Waals surface area contributed by atoms with E-state index in [9.17, 15) is 0 Å². The third-order valence-corrected chi connectivity index (χ3v) is 2.80. The second kappa shape index (κ2) is 8.21. The molecule has 0 aliphatic rings. The summed E-state index contributed by atoms with van der Waals surface area (Å²) in [5, 5.41) is 3.38. The Balaban J connectivity index is 2.49. The summed E-state index contributed by atoms with van der Waals surface area (Å²) < 4.78 is 15.5. The van der Waals surface area contributed by atoms with Crippen LogP contribution in [0.25, 0.3) is 0 Å². The predicted molar refractivity (Wildman–Crippen MR) is 71.3 cm³/mol. The van der Waals surface area contributed by atoms with E-state index in [0.29, 0.717) is 6.61 Å². The summed E-state index contributed by atoms with van der Waals surface area (Å²) in [6.07, 6.45) is -0.229. The molecule has 1 aromatic carbocycles. The molecule has 0 aliphatic heterocycles. The number of nitrogens with one attached hydrogen (secondary N) is 1. The normalized spacial score (nSPS) is 12.9. The molecule has 0 radical (unpaired) electrons. The van der Waals surface area contributed by atoms with E-state index in [1.54, 1.807) is 21.3 Å². The second-order valence-electron chi connectivity index (χ2n) is 4.26. The molecule has 102 valence electrons. The average Bonchev–Trinajstić information content (AvgIpc) is 2.39. The summed E-state index contributed by atoms with van der Waals surface area (Å²) in [5.74, 6) is 0. The zero-order chi connectivity index (χ0) is 13.4. The van der Waals surface area contributed by atoms with Crippen LogP contribution in [0.3, 0.4) is 0 Å². The number of methoxy groups -OCH3 is 3. The third kappa shape index (κ3) is 4.74. The van der Waals surface area contributed by atoms with Crippen molar-refractivity contribution in [1.82, 2.24) is 5.32 Å². The first-order valence-electron chi connectivity index (χ1n) is 6.07. The van der Waals surface area contributed by atoms with Crippen molar-refractivity contribution in [3.8, 4) is 0 Å². The van der Waals surface area contributed by atoms with Gasteiger partial charge in [0.05, 0.1) is 12.6 Å². The molecule has 0 aromatic heterocycles. The van der Waals surface area contributed by atoms with E-state index in [4.69, 9.17) is 14.2 Å². The standard InChI is InChI=1S/C14H23NO3/c1-11(14(17-3)18-4)15-9-12-6-5-7-13(8-12)10-16-2/h5-8,11,14-15H,9-10H2,1-4H3. The number of benzene rings is 1. The molecule has 0 bridgehead atoms. The van der Waals surface area contributed by atoms with Gasteiger partial charge in [0.1, 0.15) is 0 Å². The maximum Gasteiger partial charge on any atom is 0.171 e. The molecule has 18 heavy (non-hydrogen) atoms. The number of hydrogen-bond donors (Lipinski definition) is 1. The molecule has 1 N–H and O–H groups in total. The zero-order valence-corrected chi connectivity index (χ0v) is 11.6. The van der Waals surface area contributed by atoms with Crippen LogP contribution in [-0.2, 0) is 27.4 Å². The molecule has 4 heteroatoms. The van der Waals surface area contributed by atoms with E-state index in [2.05, 4.69) is 23.5 Å². The molecule has 0 saturated carbocycles. The van der Waals surface area contributed by atoms with Crippen molar-refractivity contribution >= 4 is 0 Å². The zero-order valence-electron chi connectivity index (χ0n) is 11.6. The fourth-order valence-electron chi connectivity index (χ4n) is 1.88. The number of hydrogen-bond acceptors (Lipinski definition) is 4. The van der Waals surface area contributed by atoms with Gasteiger partial charge in [0.2, 0.25) is 0 Å². The van der Waals surface area contributed by atoms with Crippen molar-refractivity contribution in [2.24, 2.45) is 0 Å². The summed E-state index contributed by atoms with van der Waals surface area (Å²) in [6.45, 7) is 3.46. The average molecular weight is 253 g/mol. The number of rotatable bonds is 8. The van der Waals surface area contributed by atoms with Crippen LogP contribution in [0.15, 0.2) is 24.3 Å². The minimum absolute atomic E-state index is 0.131. The van der Waals surface area contributed by atoms with Gasteiger partial charge in [-0.05, 0) is 18.1 Å². The van der Waals surface area contributed by atoms with Crippen molar-refractivity contribution in [3.63, 3.8) is 0 Å². The Bertz CT molecular complexity index is 340. The molecule has 0 spiro atoms. The molecule has 1 aromatic rings. The molecule has 0 saturated heterocycles. The Kier molecular flexibility index (Phi) is 6.90. The topological polar surface area (TPSA) is 39.7 Å². The third-order valence-electron chi connectivity index (χ3n) is 2.80. The van der Waals surface area contributed by atoms with E-state index in [-0.39, 0.29) is 12.3 Å². The maximum atomic E-state index is 5.21. The Morgan fingerprint density at radius 1 is 1.11 bits per heavy atom. The van der Waals surface area contributed by atoms with Gasteiger partial charge in [0, 0.05) is 27.9 Å². The first-order chi connectivity index (χ1) is 8.71. The Morgan fingerprint density at radius 2 is 1.78 bits per heavy atom. The van der Waals surface area contributed by atoms with Gasteiger partial charge in [-0.2, -0.15) is 0 Å². The van der Waals surface area contributed by atoms with Crippen LogP contribution in [0.1, 0.15) is 18.1 Å². The van der Waals surface area contributed by atoms with Crippen LogP contribution in [0, 0.1) is 0 Å². The van der Waals surface area contributed by atoms with Crippen molar-refractivity contribution < 1.29 is 14.2 Å². The molecule has 1 atom stereocenters. The maximum absolute atomic E-state index is 5.21. The van der Waals surface area contributed by atoms with E-state index in [1.165, 1.54) is 11.1 Å². The van der Waals surface area contributed by atoms with Gasteiger partial charge in [0.25, 0.3) is 0 Å². The summed E-state index contributed by atoms with van der Waals surface area (Å²) in [5.41, 5.74) is 2.40. The lowest BCUT2D eigenvalue weighted by Gasteiger charge is -2.22. The van der Waals surface area contributed by atoms with Crippen LogP contribution in [0.5, 0.6) is 0 Å². The van der Waals surface area contributed by atoms with Gasteiger partial charge < -0.3 is 19.5 Å². The minimum Gasteiger partial charge on any atom is -0.380 e. The van der Waals surface area contributed by atoms with Crippen LogP contribution in [0.2, 0.25) is 0 Å². The Labute approximate surface area is 109 Å². The van der Waals surface area contributed by atoms with E-state index >= 15 is 0 Å². The monoisotopic (exact) mass is 253 g/mol. The highest BCUT2D eigenvalue weighted by molar-refractivity contribution is 5.22. The van der Waals surface area contributed by atoms with Crippen molar-refractivity contribution in [1.29, 1.82) is 0 Å². The molecule has 4 nitrogen and oxygen atoms in total. The van der Waals surface area contributed by atoms with E-state index < -0.39 is 0 Å². The Hall–Kier alpha value is -0.940. The summed E-state index contributed by atoms with van der Waals surface area (Å²) in [7, 11) is 4.99. The minimum atomic E-state index is -0.229. The van der Waals surface area contributed by atoms with E-state index in [0.717, 1.165) is 6.54 Å². The number of ether oxygens (including phenoxy) is 3. The summed E-state index contributed by atoms with van der Waals surface area (Å²) in [6, 6.07) is 8.46. The van der Waals surface area contributed by atoms with Gasteiger partial charge in [0.15, 0.2) is 6.29 Å². The van der Waals surface area contributed by atoms with Crippen molar-refractivity contribution in [3.05, 3.63) is 35.4 Å². The van der Waals surface area contributed by atoms with Gasteiger partial charge in [-0.3, -0.25) is 0 Å². The van der Waals surface area contributed by atoms with Crippen LogP contribution in [-0.4, -0.2) is 33.7 Å². The first-order valence-corrected chi connectivity index (χ1v) is 6.07. The fourth-order valence-corrected chi connectivity index (χ4v) is 1.88. The lowest BCUT2D eigenvalue weighted by atomic mass is 10.1. The van der Waals surface area contributed by atoms with Gasteiger partial charge >= 0.3 is 0 Å². The molecule has 0 aliphatic carbocycles. The van der Waals surface area contributed by atoms with E-state index in [1.807, 2.05) is 13.0 Å². The van der Waals surface area contributed by atoms with Gasteiger partial charge in [-0.1, -0.05) is 24.3 Å². The molecule has 0 heterocycles. The van der Waals surface area contributed by atoms with Gasteiger partial charge in [-0.25, -0.2) is 0 Å². The highest BCUT2D eigenvalue weighted by Gasteiger charge is 2.14. The molecule has 1 rings (SSSR count). The molecular weight excluding hydrogens is 230 g/mol. The molecule has 0 amide bonds. The SMILES string of the molecule is COCc1cccc(CNC(C)C(OC)OC)c1. The smallest absolute Gasteiger partial charge is 0.171 e. The van der Waals surface area contributed by atoms with Crippen LogP contribution < -0.4 is 5.32 Å². The van der Waals surface area contributed by atoms with Crippen molar-refractivity contribution in [2.75, 3.05) is 21.3 Å². The fraction of sp³-hybridized carbons (Fsp3) is 0.571. The predicted octanol–water partition coefficient (Wildman–Crippen LogP) is 1.93. The second-order valence-corrected chi connectivity index (χ2v) is 4.26. The quantitative estimate of drug-likeness (QED) is 0.719. The highest BCUT2D eigenvalue weighted by atomic mass is 16.7. The van der Waals surface area contributed by atoms with Crippen LogP contribution in [0.4, 0.5) is 0 Å². The lowest BCUT2D eigenvalue weighted by Crippen LogP contribution is -2.39. The largest absolute Gasteiger partial charge is 0.380 e. The molecule has 0 fully saturated rings. The highest BCUT2D eigenvalue weighted by Crippen LogP contribution is 2.07. The van der Waals surface area contributed by atoms with Gasteiger partial charge in [-0.15, -0.1) is 0 Å². The first kappa shape index (κ1) is 15.1. The Morgan fingerprint density at radius 3 is 2.39 bits per heavy atom. The van der Waals surface area contributed by atoms with Crippen molar-refractivity contribution in [2.45, 2.75) is 32.4 Å². The summed E-state index contributed by atoms with van der Waals surface area (Å²) in [4.78, 5) is 0.